The Hall–Kier alpha value is -2.71. The van der Waals surface area contributed by atoms with Crippen LogP contribution in [0, 0.1) is 0 Å². The first-order valence-electron chi connectivity index (χ1n) is 9.91. The molecule has 0 saturated heterocycles. The van der Waals surface area contributed by atoms with Gasteiger partial charge in [0.25, 0.3) is 5.91 Å². The molecule has 0 spiro atoms. The van der Waals surface area contributed by atoms with Gasteiger partial charge in [0, 0.05) is 24.0 Å². The molecule has 0 unspecified atom stereocenters. The standard InChI is InChI=1S/C22H26N2O5S/c1-5-29-22(27)18-16-10-11-24(13(2)3)12-17(16)30-20(18)23-19(25)14-8-6-7-9-15(14)21(26)28-4/h6-9,13H,5,10-12H2,1-4H3,(H,23,25). The zero-order chi connectivity index (χ0) is 21.8. The molecule has 0 aliphatic carbocycles. The van der Waals surface area contributed by atoms with Crippen LogP contribution in [-0.4, -0.2) is 49.0 Å². The van der Waals surface area contributed by atoms with Gasteiger partial charge in [-0.1, -0.05) is 12.1 Å². The number of methoxy groups -OCH3 is 1. The highest BCUT2D eigenvalue weighted by Crippen LogP contribution is 2.38. The summed E-state index contributed by atoms with van der Waals surface area (Å²) < 4.78 is 10.0. The highest BCUT2D eigenvalue weighted by atomic mass is 32.1. The van der Waals surface area contributed by atoms with Crippen LogP contribution in [0.4, 0.5) is 5.00 Å². The molecule has 8 heteroatoms. The number of rotatable bonds is 6. The van der Waals surface area contributed by atoms with Crippen molar-refractivity contribution < 1.29 is 23.9 Å². The fourth-order valence-electron chi connectivity index (χ4n) is 3.51. The molecule has 1 amide bonds. The summed E-state index contributed by atoms with van der Waals surface area (Å²) in [5, 5.41) is 3.29. The number of benzene rings is 1. The van der Waals surface area contributed by atoms with Crippen LogP contribution >= 0.6 is 11.3 Å². The van der Waals surface area contributed by atoms with Crippen molar-refractivity contribution in [3.63, 3.8) is 0 Å². The van der Waals surface area contributed by atoms with Gasteiger partial charge in [-0.3, -0.25) is 9.69 Å². The molecule has 30 heavy (non-hydrogen) atoms. The third-order valence-corrected chi connectivity index (χ3v) is 6.23. The van der Waals surface area contributed by atoms with E-state index in [1.807, 2.05) is 0 Å². The molecule has 1 aliphatic rings. The predicted octanol–water partition coefficient (Wildman–Crippen LogP) is 3.73. The molecule has 1 aromatic heterocycles. The minimum atomic E-state index is -0.593. The van der Waals surface area contributed by atoms with Crippen molar-refractivity contribution >= 4 is 34.2 Å². The van der Waals surface area contributed by atoms with Crippen molar-refractivity contribution in [2.75, 3.05) is 25.6 Å². The molecule has 0 bridgehead atoms. The van der Waals surface area contributed by atoms with Gasteiger partial charge in [0.2, 0.25) is 0 Å². The van der Waals surface area contributed by atoms with Crippen LogP contribution in [0.3, 0.4) is 0 Å². The smallest absolute Gasteiger partial charge is 0.341 e. The second-order valence-corrected chi connectivity index (χ2v) is 8.34. The topological polar surface area (TPSA) is 84.9 Å². The van der Waals surface area contributed by atoms with E-state index in [9.17, 15) is 14.4 Å². The van der Waals surface area contributed by atoms with Gasteiger partial charge in [0.1, 0.15) is 5.00 Å². The summed E-state index contributed by atoms with van der Waals surface area (Å²) in [4.78, 5) is 41.1. The number of nitrogens with one attached hydrogen (secondary N) is 1. The van der Waals surface area contributed by atoms with E-state index in [0.29, 0.717) is 23.0 Å². The largest absolute Gasteiger partial charge is 0.465 e. The number of carbonyl (C=O) groups excluding carboxylic acids is 3. The van der Waals surface area contributed by atoms with E-state index in [1.54, 1.807) is 25.1 Å². The van der Waals surface area contributed by atoms with E-state index in [1.165, 1.54) is 24.5 Å². The highest BCUT2D eigenvalue weighted by molar-refractivity contribution is 7.17. The number of anilines is 1. The van der Waals surface area contributed by atoms with Crippen LogP contribution in [0.2, 0.25) is 0 Å². The average Bonchev–Trinajstić information content (AvgIpc) is 3.10. The first-order valence-corrected chi connectivity index (χ1v) is 10.7. The van der Waals surface area contributed by atoms with Crippen LogP contribution in [0.1, 0.15) is 62.3 Å². The normalized spacial score (nSPS) is 13.6. The van der Waals surface area contributed by atoms with Gasteiger partial charge in [-0.2, -0.15) is 0 Å². The summed E-state index contributed by atoms with van der Waals surface area (Å²) >= 11 is 1.39. The van der Waals surface area contributed by atoms with Crippen molar-refractivity contribution in [1.82, 2.24) is 4.90 Å². The molecule has 0 fully saturated rings. The Balaban J connectivity index is 1.97. The zero-order valence-electron chi connectivity index (χ0n) is 17.6. The van der Waals surface area contributed by atoms with Gasteiger partial charge >= 0.3 is 11.9 Å². The summed E-state index contributed by atoms with van der Waals surface area (Å²) in [5.41, 5.74) is 1.72. The lowest BCUT2D eigenvalue weighted by Crippen LogP contribution is -2.35. The van der Waals surface area contributed by atoms with E-state index in [-0.39, 0.29) is 17.7 Å². The molecule has 7 nitrogen and oxygen atoms in total. The quantitative estimate of drug-likeness (QED) is 0.703. The van der Waals surface area contributed by atoms with Crippen molar-refractivity contribution in [3.8, 4) is 0 Å². The third kappa shape index (κ3) is 4.39. The van der Waals surface area contributed by atoms with Crippen molar-refractivity contribution in [1.29, 1.82) is 0 Å². The molecule has 0 atom stereocenters. The number of thiophene rings is 1. The maximum absolute atomic E-state index is 13.0. The summed E-state index contributed by atoms with van der Waals surface area (Å²) in [6, 6.07) is 6.81. The Labute approximate surface area is 180 Å². The first kappa shape index (κ1) is 22.0. The van der Waals surface area contributed by atoms with E-state index in [2.05, 4.69) is 24.1 Å². The summed E-state index contributed by atoms with van der Waals surface area (Å²) in [6.45, 7) is 7.84. The molecule has 1 N–H and O–H groups in total. The van der Waals surface area contributed by atoms with Gasteiger partial charge in [-0.15, -0.1) is 11.3 Å². The van der Waals surface area contributed by atoms with Gasteiger partial charge in [0.15, 0.2) is 0 Å². The van der Waals surface area contributed by atoms with Gasteiger partial charge < -0.3 is 14.8 Å². The average molecular weight is 431 g/mol. The van der Waals surface area contributed by atoms with Crippen LogP contribution in [0.15, 0.2) is 24.3 Å². The molecule has 2 heterocycles. The van der Waals surface area contributed by atoms with Gasteiger partial charge in [-0.25, -0.2) is 9.59 Å². The second kappa shape index (κ2) is 9.40. The fourth-order valence-corrected chi connectivity index (χ4v) is 4.77. The molecular weight excluding hydrogens is 404 g/mol. The van der Waals surface area contributed by atoms with Crippen LogP contribution < -0.4 is 5.32 Å². The maximum atomic E-state index is 13.0. The second-order valence-electron chi connectivity index (χ2n) is 7.23. The molecule has 0 saturated carbocycles. The zero-order valence-corrected chi connectivity index (χ0v) is 18.4. The number of nitrogens with zero attached hydrogens (tertiary/aromatic N) is 1. The molecule has 2 aromatic rings. The summed E-state index contributed by atoms with van der Waals surface area (Å²) in [7, 11) is 1.27. The first-order chi connectivity index (χ1) is 14.4. The van der Waals surface area contributed by atoms with Gasteiger partial charge in [0.05, 0.1) is 30.4 Å². The third-order valence-electron chi connectivity index (χ3n) is 5.10. The van der Waals surface area contributed by atoms with Crippen LogP contribution in [0.25, 0.3) is 0 Å². The molecule has 160 valence electrons. The number of carbonyl (C=O) groups is 3. The Morgan fingerprint density at radius 1 is 1.17 bits per heavy atom. The highest BCUT2D eigenvalue weighted by Gasteiger charge is 2.30. The SMILES string of the molecule is CCOC(=O)c1c(NC(=O)c2ccccc2C(=O)OC)sc2c1CCN(C(C)C)C2. The Kier molecular flexibility index (Phi) is 6.89. The number of hydrogen-bond acceptors (Lipinski definition) is 7. The molecule has 0 radical (unpaired) electrons. The summed E-state index contributed by atoms with van der Waals surface area (Å²) in [5.74, 6) is -1.50. The molecular formula is C22H26N2O5S. The lowest BCUT2D eigenvalue weighted by atomic mass is 10.0. The number of hydrogen-bond donors (Lipinski definition) is 1. The molecule has 3 rings (SSSR count). The lowest BCUT2D eigenvalue weighted by Gasteiger charge is -2.30. The number of esters is 2. The Bertz CT molecular complexity index is 966. The van der Waals surface area contributed by atoms with Crippen molar-refractivity contribution in [2.45, 2.75) is 39.8 Å². The minimum absolute atomic E-state index is 0.169. The van der Waals surface area contributed by atoms with Gasteiger partial charge in [-0.05, 0) is 44.9 Å². The fraction of sp³-hybridized carbons (Fsp3) is 0.409. The monoisotopic (exact) mass is 430 g/mol. The predicted molar refractivity (Wildman–Crippen MR) is 115 cm³/mol. The van der Waals surface area contributed by atoms with E-state index in [0.717, 1.165) is 23.5 Å². The maximum Gasteiger partial charge on any atom is 0.341 e. The van der Waals surface area contributed by atoms with E-state index >= 15 is 0 Å². The van der Waals surface area contributed by atoms with Crippen molar-refractivity contribution in [2.24, 2.45) is 0 Å². The van der Waals surface area contributed by atoms with Crippen molar-refractivity contribution in [3.05, 3.63) is 51.4 Å². The van der Waals surface area contributed by atoms with E-state index < -0.39 is 17.8 Å². The molecule has 1 aliphatic heterocycles. The molecule has 1 aromatic carbocycles. The number of fused-ring (bicyclic) bond motifs is 1. The van der Waals surface area contributed by atoms with E-state index in [4.69, 9.17) is 9.47 Å². The summed E-state index contributed by atoms with van der Waals surface area (Å²) in [6.07, 6.45) is 0.715. The number of amides is 1. The lowest BCUT2D eigenvalue weighted by molar-refractivity contribution is 0.0524. The Morgan fingerprint density at radius 2 is 1.87 bits per heavy atom. The van der Waals surface area contributed by atoms with Crippen LogP contribution in [0.5, 0.6) is 0 Å². The van der Waals surface area contributed by atoms with Crippen LogP contribution in [-0.2, 0) is 22.4 Å². The Morgan fingerprint density at radius 3 is 2.50 bits per heavy atom. The number of ether oxygens (including phenoxy) is 2. The minimum Gasteiger partial charge on any atom is -0.465 e.